The largest absolute Gasteiger partial charge is 0.339 e. The summed E-state index contributed by atoms with van der Waals surface area (Å²) in [5, 5.41) is 11.6. The van der Waals surface area contributed by atoms with Gasteiger partial charge in [-0.15, -0.1) is 22.7 Å². The van der Waals surface area contributed by atoms with Crippen molar-refractivity contribution in [2.75, 3.05) is 10.6 Å². The molecule has 0 spiro atoms. The zero-order valence-corrected chi connectivity index (χ0v) is 37.2. The third kappa shape index (κ3) is 9.53. The van der Waals surface area contributed by atoms with Gasteiger partial charge in [0.25, 0.3) is 11.8 Å². The summed E-state index contributed by atoms with van der Waals surface area (Å²) in [6.07, 6.45) is 18.3. The molecule has 64 heavy (non-hydrogen) atoms. The average Bonchev–Trinajstić information content (AvgIpc) is 4.19. The van der Waals surface area contributed by atoms with E-state index in [1.807, 2.05) is 64.0 Å². The minimum Gasteiger partial charge on any atom is -0.339 e. The van der Waals surface area contributed by atoms with Crippen LogP contribution in [-0.2, 0) is 13.1 Å². The van der Waals surface area contributed by atoms with Crippen molar-refractivity contribution in [1.82, 2.24) is 29.1 Å². The van der Waals surface area contributed by atoms with Crippen LogP contribution in [0.4, 0.5) is 10.3 Å². The van der Waals surface area contributed by atoms with Gasteiger partial charge in [0.05, 0.1) is 17.1 Å². The molecular weight excluding hydrogens is 833 g/mol. The molecule has 2 aromatic carbocycles. The summed E-state index contributed by atoms with van der Waals surface area (Å²) in [7, 11) is 0. The van der Waals surface area contributed by atoms with Crippen LogP contribution < -0.4 is 10.6 Å². The molecule has 12 heteroatoms. The van der Waals surface area contributed by atoms with Gasteiger partial charge in [-0.05, 0) is 115 Å². The number of nitrogens with zero attached hydrogens (tertiary/aromatic N) is 6. The maximum atomic E-state index is 14.1. The highest BCUT2D eigenvalue weighted by atomic mass is 32.1. The van der Waals surface area contributed by atoms with Crippen molar-refractivity contribution in [3.8, 4) is 11.3 Å². The first-order valence-electron chi connectivity index (χ1n) is 22.3. The SMILES string of the molecule is O=C(Nc1nc([C@@H]2CCC[C@@H](c3ccccc3)C2)cs1)c1cc(-c2cc(Cn3cccc3C(=O)Nc3nc([C@H]4CCC[C@@H](c5ccccc5)C4)cs3)ccn2)cn1Cc1ccncc1. The Bertz CT molecular complexity index is 2830. The first-order valence-corrected chi connectivity index (χ1v) is 24.1. The van der Waals surface area contributed by atoms with E-state index in [-0.39, 0.29) is 11.8 Å². The van der Waals surface area contributed by atoms with E-state index in [2.05, 4.69) is 87.0 Å². The van der Waals surface area contributed by atoms with Crippen LogP contribution in [-0.4, -0.2) is 40.9 Å². The molecule has 0 radical (unpaired) electrons. The molecule has 2 aliphatic carbocycles. The van der Waals surface area contributed by atoms with Crippen molar-refractivity contribution in [1.29, 1.82) is 0 Å². The maximum Gasteiger partial charge on any atom is 0.274 e. The third-order valence-electron chi connectivity index (χ3n) is 13.0. The molecule has 0 saturated heterocycles. The van der Waals surface area contributed by atoms with Gasteiger partial charge in [0.2, 0.25) is 0 Å². The van der Waals surface area contributed by atoms with Crippen LogP contribution in [0, 0.1) is 0 Å². The molecule has 6 heterocycles. The minimum absolute atomic E-state index is 0.197. The van der Waals surface area contributed by atoms with E-state index >= 15 is 0 Å². The molecule has 8 aromatic rings. The first kappa shape index (κ1) is 41.5. The zero-order valence-electron chi connectivity index (χ0n) is 35.6. The van der Waals surface area contributed by atoms with Crippen molar-refractivity contribution in [2.45, 2.75) is 88.1 Å². The van der Waals surface area contributed by atoms with Crippen molar-refractivity contribution in [2.24, 2.45) is 0 Å². The summed E-state index contributed by atoms with van der Waals surface area (Å²) in [6, 6.07) is 35.1. The molecule has 0 aliphatic heterocycles. The molecule has 10 nitrogen and oxygen atoms in total. The van der Waals surface area contributed by atoms with Crippen LogP contribution >= 0.6 is 22.7 Å². The Balaban J connectivity index is 0.823. The second-order valence-corrected chi connectivity index (χ2v) is 18.9. The fourth-order valence-corrected chi connectivity index (χ4v) is 11.3. The van der Waals surface area contributed by atoms with Crippen LogP contribution in [0.15, 0.2) is 145 Å². The molecule has 6 aromatic heterocycles. The molecule has 4 atom stereocenters. The summed E-state index contributed by atoms with van der Waals surface area (Å²) in [5.41, 5.74) is 9.51. The summed E-state index contributed by atoms with van der Waals surface area (Å²) in [5.74, 6) is 1.38. The van der Waals surface area contributed by atoms with Gasteiger partial charge in [-0.25, -0.2) is 9.97 Å². The minimum atomic E-state index is -0.228. The smallest absolute Gasteiger partial charge is 0.274 e. The van der Waals surface area contributed by atoms with Crippen LogP contribution in [0.1, 0.15) is 130 Å². The number of hydrogen-bond acceptors (Lipinski definition) is 8. The van der Waals surface area contributed by atoms with E-state index in [0.29, 0.717) is 58.4 Å². The van der Waals surface area contributed by atoms with Crippen LogP contribution in [0.3, 0.4) is 0 Å². The number of rotatable bonds is 13. The number of carbonyl (C=O) groups is 2. The molecule has 2 fully saturated rings. The van der Waals surface area contributed by atoms with Crippen LogP contribution in [0.5, 0.6) is 0 Å². The number of pyridine rings is 2. The standard InChI is InChI=1S/C52H50N8O2S2/c61-49(57-51-55-45(33-63-51)41-16-7-14-39(27-41)37-10-3-1-4-11-37)47-18-9-25-59(47)31-36-21-24-54-44(26-36)43-29-48(60(32-43)30-35-19-22-53-23-20-35)50(62)58-52-56-46(34-64-52)42-17-8-15-40(28-42)38-12-5-2-6-13-38/h1-6,9-13,18-26,29,32-34,39-42H,7-8,14-17,27-28,30-31H2,(H,55,57,61)(H,56,58,62)/t39-,40-,41+,42-/m1/s1. The van der Waals surface area contributed by atoms with Gasteiger partial charge in [-0.2, -0.15) is 0 Å². The lowest BCUT2D eigenvalue weighted by Crippen LogP contribution is -2.17. The van der Waals surface area contributed by atoms with Crippen molar-refractivity contribution in [3.63, 3.8) is 0 Å². The Morgan fingerprint density at radius 2 is 1.16 bits per heavy atom. The molecular formula is C52H50N8O2S2. The molecule has 2 aliphatic rings. The van der Waals surface area contributed by atoms with Crippen molar-refractivity contribution < 1.29 is 9.59 Å². The Labute approximate surface area is 381 Å². The molecule has 0 bridgehead atoms. The van der Waals surface area contributed by atoms with Gasteiger partial charge in [0.15, 0.2) is 10.3 Å². The lowest BCUT2D eigenvalue weighted by Gasteiger charge is -2.28. The molecule has 0 unspecified atom stereocenters. The summed E-state index contributed by atoms with van der Waals surface area (Å²) >= 11 is 2.97. The zero-order chi connectivity index (χ0) is 43.2. The number of anilines is 2. The van der Waals surface area contributed by atoms with Gasteiger partial charge in [-0.1, -0.05) is 73.5 Å². The molecule has 2 N–H and O–H groups in total. The van der Waals surface area contributed by atoms with Gasteiger partial charge in [0, 0.05) is 72.2 Å². The Morgan fingerprint density at radius 1 is 0.594 bits per heavy atom. The van der Waals surface area contributed by atoms with Crippen LogP contribution in [0.25, 0.3) is 11.3 Å². The number of amides is 2. The highest BCUT2D eigenvalue weighted by Crippen LogP contribution is 2.43. The average molecular weight is 883 g/mol. The van der Waals surface area contributed by atoms with Gasteiger partial charge in [-0.3, -0.25) is 30.2 Å². The fourth-order valence-electron chi connectivity index (χ4n) is 9.70. The summed E-state index contributed by atoms with van der Waals surface area (Å²) in [6.45, 7) is 0.941. The third-order valence-corrected chi connectivity index (χ3v) is 14.5. The number of benzene rings is 2. The van der Waals surface area contributed by atoms with Gasteiger partial charge >= 0.3 is 0 Å². The molecule has 2 saturated carbocycles. The number of nitrogens with one attached hydrogen (secondary N) is 2. The second kappa shape index (κ2) is 19.1. The molecule has 2 amide bonds. The number of hydrogen-bond donors (Lipinski definition) is 2. The topological polar surface area (TPSA) is 120 Å². The van der Waals surface area contributed by atoms with E-state index in [9.17, 15) is 9.59 Å². The lowest BCUT2D eigenvalue weighted by atomic mass is 9.77. The van der Waals surface area contributed by atoms with E-state index in [4.69, 9.17) is 15.0 Å². The quantitative estimate of drug-likeness (QED) is 0.119. The fraction of sp³-hybridized carbons (Fsp3) is 0.269. The second-order valence-electron chi connectivity index (χ2n) is 17.2. The molecule has 322 valence electrons. The first-order chi connectivity index (χ1) is 31.5. The van der Waals surface area contributed by atoms with Crippen molar-refractivity contribution in [3.05, 3.63) is 190 Å². The van der Waals surface area contributed by atoms with E-state index in [1.54, 1.807) is 18.6 Å². The van der Waals surface area contributed by atoms with E-state index < -0.39 is 0 Å². The van der Waals surface area contributed by atoms with E-state index in [0.717, 1.165) is 65.9 Å². The summed E-state index contributed by atoms with van der Waals surface area (Å²) < 4.78 is 3.90. The normalized spacial score (nSPS) is 18.7. The maximum absolute atomic E-state index is 14.1. The van der Waals surface area contributed by atoms with Gasteiger partial charge in [0.1, 0.15) is 11.4 Å². The monoisotopic (exact) mass is 882 g/mol. The summed E-state index contributed by atoms with van der Waals surface area (Å²) in [4.78, 5) is 46.6. The lowest BCUT2D eigenvalue weighted by molar-refractivity contribution is 0.101. The predicted octanol–water partition coefficient (Wildman–Crippen LogP) is 12.1. The van der Waals surface area contributed by atoms with E-state index in [1.165, 1.54) is 53.1 Å². The number of thiazole rings is 2. The highest BCUT2D eigenvalue weighted by Gasteiger charge is 2.28. The molecule has 10 rings (SSSR count). The van der Waals surface area contributed by atoms with Crippen LogP contribution in [0.2, 0.25) is 0 Å². The predicted molar refractivity (Wildman–Crippen MR) is 255 cm³/mol. The Kier molecular flexibility index (Phi) is 12.4. The highest BCUT2D eigenvalue weighted by molar-refractivity contribution is 7.14. The number of carbonyl (C=O) groups excluding carboxylic acids is 2. The van der Waals surface area contributed by atoms with Crippen molar-refractivity contribution >= 4 is 44.8 Å². The Hall–Kier alpha value is -6.50. The number of aromatic nitrogens is 6. The Morgan fingerprint density at radius 3 is 1.78 bits per heavy atom. The van der Waals surface area contributed by atoms with Gasteiger partial charge < -0.3 is 9.13 Å².